The molecule has 1 aromatic heterocycles. The van der Waals surface area contributed by atoms with Crippen LogP contribution in [0.5, 0.6) is 0 Å². The van der Waals surface area contributed by atoms with Crippen LogP contribution >= 0.6 is 15.9 Å². The lowest BCUT2D eigenvalue weighted by atomic mass is 10.2. The second-order valence-electron chi connectivity index (χ2n) is 3.11. The molecule has 0 saturated carbocycles. The smallest absolute Gasteiger partial charge is 0.237 e. The van der Waals surface area contributed by atoms with Crippen molar-refractivity contribution in [3.8, 4) is 0 Å². The molecule has 0 bridgehead atoms. The molecule has 1 aromatic carbocycles. The van der Waals surface area contributed by atoms with E-state index >= 15 is 0 Å². The van der Waals surface area contributed by atoms with Gasteiger partial charge >= 0.3 is 0 Å². The quantitative estimate of drug-likeness (QED) is 0.872. The van der Waals surface area contributed by atoms with Gasteiger partial charge in [-0.15, -0.1) is 0 Å². The number of carbonyl (C=O) groups is 1. The van der Waals surface area contributed by atoms with E-state index in [9.17, 15) is 4.79 Å². The van der Waals surface area contributed by atoms with Gasteiger partial charge in [-0.3, -0.25) is 4.79 Å². The van der Waals surface area contributed by atoms with Gasteiger partial charge in [0.25, 0.3) is 0 Å². The van der Waals surface area contributed by atoms with Gasteiger partial charge in [0.1, 0.15) is 6.54 Å². The van der Waals surface area contributed by atoms with Crippen LogP contribution in [0.3, 0.4) is 0 Å². The zero-order valence-electron chi connectivity index (χ0n) is 7.40. The van der Waals surface area contributed by atoms with Gasteiger partial charge in [0.15, 0.2) is 0 Å². The summed E-state index contributed by atoms with van der Waals surface area (Å²) in [4.78, 5) is 10.8. The molecule has 0 radical (unpaired) electrons. The second-order valence-corrected chi connectivity index (χ2v) is 4.03. The third-order valence-electron chi connectivity index (χ3n) is 2.06. The molecule has 14 heavy (non-hydrogen) atoms. The molecule has 0 saturated heterocycles. The standard InChI is InChI=1S/C10H9BrN2O/c11-8-2-1-7-3-4-13(6-10(12)14)9(7)5-8/h1-5H,6H2,(H2,12,14). The summed E-state index contributed by atoms with van der Waals surface area (Å²) in [6, 6.07) is 7.90. The van der Waals surface area contributed by atoms with E-state index in [4.69, 9.17) is 5.73 Å². The highest BCUT2D eigenvalue weighted by Crippen LogP contribution is 2.20. The van der Waals surface area contributed by atoms with Gasteiger partial charge in [-0.1, -0.05) is 22.0 Å². The maximum Gasteiger partial charge on any atom is 0.237 e. The molecule has 1 amide bonds. The number of rotatable bonds is 2. The van der Waals surface area contributed by atoms with E-state index in [0.717, 1.165) is 15.4 Å². The summed E-state index contributed by atoms with van der Waals surface area (Å²) in [6.07, 6.45) is 1.86. The fourth-order valence-corrected chi connectivity index (χ4v) is 1.81. The number of halogens is 1. The number of amides is 1. The SMILES string of the molecule is NC(=O)Cn1ccc2ccc(Br)cc21. The molecule has 2 aromatic rings. The number of nitrogens with zero attached hydrogens (tertiary/aromatic N) is 1. The fraction of sp³-hybridized carbons (Fsp3) is 0.100. The monoisotopic (exact) mass is 252 g/mol. The van der Waals surface area contributed by atoms with Crippen molar-refractivity contribution in [3.05, 3.63) is 34.9 Å². The average molecular weight is 253 g/mol. The first kappa shape index (κ1) is 9.27. The molecule has 3 nitrogen and oxygen atoms in total. The van der Waals surface area contributed by atoms with E-state index in [1.54, 1.807) is 0 Å². The Kier molecular flexibility index (Phi) is 2.29. The van der Waals surface area contributed by atoms with E-state index in [1.165, 1.54) is 0 Å². The molecule has 0 aliphatic rings. The minimum absolute atomic E-state index is 0.222. The highest BCUT2D eigenvalue weighted by atomic mass is 79.9. The third kappa shape index (κ3) is 1.65. The van der Waals surface area contributed by atoms with Gasteiger partial charge in [0, 0.05) is 16.2 Å². The van der Waals surface area contributed by atoms with E-state index in [2.05, 4.69) is 15.9 Å². The van der Waals surface area contributed by atoms with Crippen LogP contribution in [0.15, 0.2) is 34.9 Å². The summed E-state index contributed by atoms with van der Waals surface area (Å²) >= 11 is 3.39. The lowest BCUT2D eigenvalue weighted by Crippen LogP contribution is -2.17. The van der Waals surface area contributed by atoms with Gasteiger partial charge in [-0.2, -0.15) is 0 Å². The van der Waals surface area contributed by atoms with Crippen molar-refractivity contribution in [1.82, 2.24) is 4.57 Å². The summed E-state index contributed by atoms with van der Waals surface area (Å²) in [5.41, 5.74) is 6.15. The van der Waals surface area contributed by atoms with E-state index in [0.29, 0.717) is 0 Å². The lowest BCUT2D eigenvalue weighted by Gasteiger charge is -2.01. The number of hydrogen-bond donors (Lipinski definition) is 1. The summed E-state index contributed by atoms with van der Waals surface area (Å²) < 4.78 is 2.83. The van der Waals surface area contributed by atoms with Gasteiger partial charge in [0.05, 0.1) is 0 Å². The Balaban J connectivity index is 2.55. The minimum atomic E-state index is -0.331. The number of nitrogens with two attached hydrogens (primary N) is 1. The van der Waals surface area contributed by atoms with Crippen molar-refractivity contribution in [2.45, 2.75) is 6.54 Å². The van der Waals surface area contributed by atoms with Crippen molar-refractivity contribution in [1.29, 1.82) is 0 Å². The Hall–Kier alpha value is -1.29. The molecule has 0 unspecified atom stereocenters. The van der Waals surface area contributed by atoms with Crippen molar-refractivity contribution in [3.63, 3.8) is 0 Å². The molecule has 0 aliphatic carbocycles. The van der Waals surface area contributed by atoms with Crippen LogP contribution in [-0.2, 0) is 11.3 Å². The highest BCUT2D eigenvalue weighted by Gasteiger charge is 2.03. The van der Waals surface area contributed by atoms with Crippen LogP contribution < -0.4 is 5.73 Å². The normalized spacial score (nSPS) is 10.6. The van der Waals surface area contributed by atoms with Crippen molar-refractivity contribution in [2.75, 3.05) is 0 Å². The number of aromatic nitrogens is 1. The minimum Gasteiger partial charge on any atom is -0.368 e. The molecular weight excluding hydrogens is 244 g/mol. The molecule has 0 spiro atoms. The topological polar surface area (TPSA) is 48.0 Å². The Morgan fingerprint density at radius 3 is 2.93 bits per heavy atom. The molecule has 2 N–H and O–H groups in total. The Labute approximate surface area is 89.6 Å². The largest absolute Gasteiger partial charge is 0.368 e. The van der Waals surface area contributed by atoms with Gasteiger partial charge < -0.3 is 10.3 Å². The number of hydrogen-bond acceptors (Lipinski definition) is 1. The molecule has 0 aliphatic heterocycles. The number of benzene rings is 1. The fourth-order valence-electron chi connectivity index (χ4n) is 1.46. The average Bonchev–Trinajstić information content (AvgIpc) is 2.47. The molecule has 72 valence electrons. The van der Waals surface area contributed by atoms with Gasteiger partial charge in [-0.05, 0) is 23.6 Å². The second kappa shape index (κ2) is 3.46. The zero-order valence-corrected chi connectivity index (χ0v) is 8.99. The highest BCUT2D eigenvalue weighted by molar-refractivity contribution is 9.10. The summed E-state index contributed by atoms with van der Waals surface area (Å²) in [6.45, 7) is 0.222. The molecular formula is C10H9BrN2O. The van der Waals surface area contributed by atoms with Crippen LogP contribution in [0, 0.1) is 0 Å². The summed E-state index contributed by atoms with van der Waals surface area (Å²) in [7, 11) is 0. The Morgan fingerprint density at radius 2 is 2.21 bits per heavy atom. The molecule has 1 heterocycles. The number of primary amides is 1. The van der Waals surface area contributed by atoms with Crippen LogP contribution in [0.1, 0.15) is 0 Å². The zero-order chi connectivity index (χ0) is 10.1. The molecule has 4 heteroatoms. The summed E-state index contributed by atoms with van der Waals surface area (Å²) in [5, 5.41) is 1.11. The predicted octanol–water partition coefficient (Wildman–Crippen LogP) is 1.89. The Morgan fingerprint density at radius 1 is 1.43 bits per heavy atom. The first-order chi connectivity index (χ1) is 6.66. The number of carbonyl (C=O) groups excluding carboxylic acids is 1. The number of fused-ring (bicyclic) bond motifs is 1. The predicted molar refractivity (Wildman–Crippen MR) is 58.8 cm³/mol. The first-order valence-corrected chi connectivity index (χ1v) is 4.99. The van der Waals surface area contributed by atoms with Gasteiger partial charge in [-0.25, -0.2) is 0 Å². The van der Waals surface area contributed by atoms with E-state index in [-0.39, 0.29) is 12.5 Å². The van der Waals surface area contributed by atoms with Crippen molar-refractivity contribution in [2.24, 2.45) is 5.73 Å². The maximum atomic E-state index is 10.8. The van der Waals surface area contributed by atoms with Crippen LogP contribution in [0.25, 0.3) is 10.9 Å². The van der Waals surface area contributed by atoms with E-state index < -0.39 is 0 Å². The first-order valence-electron chi connectivity index (χ1n) is 4.19. The lowest BCUT2D eigenvalue weighted by molar-refractivity contribution is -0.118. The Bertz CT molecular complexity index is 490. The van der Waals surface area contributed by atoms with Crippen LogP contribution in [0.2, 0.25) is 0 Å². The van der Waals surface area contributed by atoms with Crippen molar-refractivity contribution >= 4 is 32.7 Å². The van der Waals surface area contributed by atoms with E-state index in [1.807, 2.05) is 35.0 Å². The molecule has 2 rings (SSSR count). The van der Waals surface area contributed by atoms with Crippen LogP contribution in [-0.4, -0.2) is 10.5 Å². The summed E-state index contributed by atoms with van der Waals surface area (Å²) in [5.74, 6) is -0.331. The molecule has 0 atom stereocenters. The maximum absolute atomic E-state index is 10.8. The van der Waals surface area contributed by atoms with Gasteiger partial charge in [0.2, 0.25) is 5.91 Å². The third-order valence-corrected chi connectivity index (χ3v) is 2.56. The van der Waals surface area contributed by atoms with Crippen LogP contribution in [0.4, 0.5) is 0 Å². The molecule has 0 fully saturated rings. The van der Waals surface area contributed by atoms with Crippen molar-refractivity contribution < 1.29 is 4.79 Å².